The van der Waals surface area contributed by atoms with Crippen molar-refractivity contribution in [3.63, 3.8) is 0 Å². The standard InChI is InChI=1S/C17H28N2O/c1-7-19(13-12-18(5)6)16(20)14-10-8-9-11-15(14)17(2,3)4/h8-11H,7,12-13H2,1-6H3. The number of benzene rings is 1. The first-order valence-electron chi connectivity index (χ1n) is 7.31. The number of carbonyl (C=O) groups excluding carboxylic acids is 1. The maximum atomic E-state index is 12.8. The van der Waals surface area contributed by atoms with E-state index < -0.39 is 0 Å². The van der Waals surface area contributed by atoms with E-state index in [-0.39, 0.29) is 11.3 Å². The molecular formula is C17H28N2O. The molecule has 0 unspecified atom stereocenters. The molecule has 1 rings (SSSR count). The minimum Gasteiger partial charge on any atom is -0.338 e. The first kappa shape index (κ1) is 16.7. The molecule has 1 amide bonds. The number of hydrogen-bond donors (Lipinski definition) is 0. The molecule has 0 spiro atoms. The lowest BCUT2D eigenvalue weighted by atomic mass is 9.83. The fourth-order valence-electron chi connectivity index (χ4n) is 2.22. The van der Waals surface area contributed by atoms with Crippen LogP contribution in [0, 0.1) is 0 Å². The van der Waals surface area contributed by atoms with Crippen molar-refractivity contribution in [3.05, 3.63) is 35.4 Å². The van der Waals surface area contributed by atoms with Crippen LogP contribution in [0.25, 0.3) is 0 Å². The molecule has 0 saturated carbocycles. The van der Waals surface area contributed by atoms with Gasteiger partial charge in [-0.05, 0) is 38.1 Å². The lowest BCUT2D eigenvalue weighted by Crippen LogP contribution is -2.37. The second-order valence-corrected chi connectivity index (χ2v) is 6.48. The summed E-state index contributed by atoms with van der Waals surface area (Å²) in [6.07, 6.45) is 0. The van der Waals surface area contributed by atoms with Gasteiger partial charge in [0, 0.05) is 25.2 Å². The van der Waals surface area contributed by atoms with Crippen molar-refractivity contribution in [1.29, 1.82) is 0 Å². The molecule has 0 radical (unpaired) electrons. The summed E-state index contributed by atoms with van der Waals surface area (Å²) >= 11 is 0. The van der Waals surface area contributed by atoms with E-state index in [2.05, 4.69) is 31.7 Å². The van der Waals surface area contributed by atoms with E-state index in [1.54, 1.807) is 0 Å². The molecule has 0 aromatic heterocycles. The van der Waals surface area contributed by atoms with Gasteiger partial charge in [0.05, 0.1) is 0 Å². The average molecular weight is 276 g/mol. The molecule has 0 N–H and O–H groups in total. The first-order valence-corrected chi connectivity index (χ1v) is 7.31. The van der Waals surface area contributed by atoms with E-state index in [9.17, 15) is 4.79 Å². The predicted molar refractivity (Wildman–Crippen MR) is 85.3 cm³/mol. The highest BCUT2D eigenvalue weighted by atomic mass is 16.2. The van der Waals surface area contributed by atoms with Crippen LogP contribution < -0.4 is 0 Å². The second-order valence-electron chi connectivity index (χ2n) is 6.48. The minimum atomic E-state index is -0.0206. The van der Waals surface area contributed by atoms with Crippen LogP contribution in [0.4, 0.5) is 0 Å². The smallest absolute Gasteiger partial charge is 0.254 e. The third kappa shape index (κ3) is 4.34. The van der Waals surface area contributed by atoms with Gasteiger partial charge in [-0.15, -0.1) is 0 Å². The molecule has 0 fully saturated rings. The van der Waals surface area contributed by atoms with Gasteiger partial charge in [-0.25, -0.2) is 0 Å². The summed E-state index contributed by atoms with van der Waals surface area (Å²) in [5.74, 6) is 0.139. The summed E-state index contributed by atoms with van der Waals surface area (Å²) in [7, 11) is 4.06. The Bertz CT molecular complexity index is 447. The van der Waals surface area contributed by atoms with Crippen molar-refractivity contribution in [2.45, 2.75) is 33.1 Å². The first-order chi connectivity index (χ1) is 9.27. The number of rotatable bonds is 5. The largest absolute Gasteiger partial charge is 0.338 e. The van der Waals surface area contributed by atoms with Crippen molar-refractivity contribution in [2.24, 2.45) is 0 Å². The predicted octanol–water partition coefficient (Wildman–Crippen LogP) is 3.01. The molecule has 1 aromatic carbocycles. The van der Waals surface area contributed by atoms with E-state index in [4.69, 9.17) is 0 Å². The van der Waals surface area contributed by atoms with Crippen LogP contribution in [-0.2, 0) is 5.41 Å². The summed E-state index contributed by atoms with van der Waals surface area (Å²) in [5, 5.41) is 0. The Morgan fingerprint density at radius 1 is 1.10 bits per heavy atom. The van der Waals surface area contributed by atoms with Gasteiger partial charge in [0.2, 0.25) is 0 Å². The third-order valence-electron chi connectivity index (χ3n) is 3.45. The van der Waals surface area contributed by atoms with Crippen molar-refractivity contribution in [1.82, 2.24) is 9.80 Å². The molecular weight excluding hydrogens is 248 g/mol. The maximum absolute atomic E-state index is 12.8. The lowest BCUT2D eigenvalue weighted by molar-refractivity contribution is 0.0751. The van der Waals surface area contributed by atoms with Gasteiger partial charge in [-0.2, -0.15) is 0 Å². The van der Waals surface area contributed by atoms with Crippen LogP contribution in [0.5, 0.6) is 0 Å². The topological polar surface area (TPSA) is 23.6 Å². The molecule has 0 aliphatic heterocycles. The summed E-state index contributed by atoms with van der Waals surface area (Å²) in [4.78, 5) is 16.8. The molecule has 0 heterocycles. The van der Waals surface area contributed by atoms with Gasteiger partial charge in [-0.3, -0.25) is 4.79 Å². The van der Waals surface area contributed by atoms with E-state index in [1.165, 1.54) is 0 Å². The molecule has 1 aromatic rings. The number of carbonyl (C=O) groups is 1. The van der Waals surface area contributed by atoms with Crippen LogP contribution in [0.3, 0.4) is 0 Å². The summed E-state index contributed by atoms with van der Waals surface area (Å²) in [6.45, 7) is 10.9. The molecule has 0 atom stereocenters. The minimum absolute atomic E-state index is 0.0206. The zero-order valence-corrected chi connectivity index (χ0v) is 13.7. The zero-order valence-electron chi connectivity index (χ0n) is 13.7. The summed E-state index contributed by atoms with van der Waals surface area (Å²) in [5.41, 5.74) is 1.93. The maximum Gasteiger partial charge on any atom is 0.254 e. The number of likely N-dealkylation sites (N-methyl/N-ethyl adjacent to an activating group) is 2. The van der Waals surface area contributed by atoms with Crippen LogP contribution >= 0.6 is 0 Å². The Kier molecular flexibility index (Phi) is 5.75. The average Bonchev–Trinajstić information content (AvgIpc) is 2.38. The van der Waals surface area contributed by atoms with E-state index in [0.717, 1.165) is 30.8 Å². The zero-order chi connectivity index (χ0) is 15.3. The molecule has 20 heavy (non-hydrogen) atoms. The molecule has 112 valence electrons. The Hall–Kier alpha value is -1.35. The monoisotopic (exact) mass is 276 g/mol. The van der Waals surface area contributed by atoms with Gasteiger partial charge < -0.3 is 9.80 Å². The highest BCUT2D eigenvalue weighted by Crippen LogP contribution is 2.26. The Labute approximate surface area is 123 Å². The van der Waals surface area contributed by atoms with Crippen molar-refractivity contribution in [3.8, 4) is 0 Å². The highest BCUT2D eigenvalue weighted by Gasteiger charge is 2.23. The fourth-order valence-corrected chi connectivity index (χ4v) is 2.22. The van der Waals surface area contributed by atoms with E-state index in [0.29, 0.717) is 0 Å². The van der Waals surface area contributed by atoms with Gasteiger partial charge >= 0.3 is 0 Å². The normalized spacial score (nSPS) is 11.8. The molecule has 0 aliphatic carbocycles. The third-order valence-corrected chi connectivity index (χ3v) is 3.45. The number of hydrogen-bond acceptors (Lipinski definition) is 2. The van der Waals surface area contributed by atoms with E-state index >= 15 is 0 Å². The Balaban J connectivity index is 3.01. The molecule has 0 bridgehead atoms. The van der Waals surface area contributed by atoms with Crippen LogP contribution in [0.15, 0.2) is 24.3 Å². The van der Waals surface area contributed by atoms with Gasteiger partial charge in [0.25, 0.3) is 5.91 Å². The molecule has 0 aliphatic rings. The van der Waals surface area contributed by atoms with Crippen LogP contribution in [0.2, 0.25) is 0 Å². The fraction of sp³-hybridized carbons (Fsp3) is 0.588. The van der Waals surface area contributed by atoms with Crippen molar-refractivity contribution >= 4 is 5.91 Å². The second kappa shape index (κ2) is 6.89. The van der Waals surface area contributed by atoms with Gasteiger partial charge in [0.15, 0.2) is 0 Å². The van der Waals surface area contributed by atoms with Crippen LogP contribution in [0.1, 0.15) is 43.6 Å². The summed E-state index contributed by atoms with van der Waals surface area (Å²) in [6, 6.07) is 7.96. The Morgan fingerprint density at radius 3 is 2.20 bits per heavy atom. The quantitative estimate of drug-likeness (QED) is 0.825. The van der Waals surface area contributed by atoms with Gasteiger partial charge in [-0.1, -0.05) is 39.0 Å². The van der Waals surface area contributed by atoms with E-state index in [1.807, 2.05) is 44.1 Å². The van der Waals surface area contributed by atoms with Crippen molar-refractivity contribution < 1.29 is 4.79 Å². The number of amides is 1. The Morgan fingerprint density at radius 2 is 1.70 bits per heavy atom. The lowest BCUT2D eigenvalue weighted by Gasteiger charge is -2.27. The number of nitrogens with zero attached hydrogens (tertiary/aromatic N) is 2. The SMILES string of the molecule is CCN(CCN(C)C)C(=O)c1ccccc1C(C)(C)C. The summed E-state index contributed by atoms with van der Waals surface area (Å²) < 4.78 is 0. The highest BCUT2D eigenvalue weighted by molar-refractivity contribution is 5.96. The molecule has 0 saturated heterocycles. The van der Waals surface area contributed by atoms with Crippen molar-refractivity contribution in [2.75, 3.05) is 33.7 Å². The molecule has 3 nitrogen and oxygen atoms in total. The van der Waals surface area contributed by atoms with Gasteiger partial charge in [0.1, 0.15) is 0 Å². The molecule has 3 heteroatoms. The van der Waals surface area contributed by atoms with Crippen LogP contribution in [-0.4, -0.2) is 49.4 Å².